The number of nitrogens with zero attached hydrogens (tertiary/aromatic N) is 1. The predicted molar refractivity (Wildman–Crippen MR) is 107 cm³/mol. The molecule has 0 aliphatic carbocycles. The summed E-state index contributed by atoms with van der Waals surface area (Å²) in [5.74, 6) is 1.62. The Balaban J connectivity index is 1.85. The molecule has 7 heteroatoms. The molecule has 0 saturated carbocycles. The standard InChI is InChI=1S/C21H22N2O5/c1-5-16-15(14-8-6-7-9-17(14)28-16)12-22-23-21(24)13-10-18(25-2)20(27-4)19(11-13)26-3/h6-12H,5H2,1-4H3,(H,23,24)/b22-12-. The molecule has 0 radical (unpaired) electrons. The largest absolute Gasteiger partial charge is 0.493 e. The highest BCUT2D eigenvalue weighted by Gasteiger charge is 2.17. The van der Waals surface area contributed by atoms with E-state index in [0.29, 0.717) is 22.8 Å². The Kier molecular flexibility index (Phi) is 5.84. The van der Waals surface area contributed by atoms with Gasteiger partial charge in [-0.05, 0) is 18.2 Å². The number of benzene rings is 2. The lowest BCUT2D eigenvalue weighted by molar-refractivity contribution is 0.0954. The van der Waals surface area contributed by atoms with E-state index in [4.69, 9.17) is 18.6 Å². The Morgan fingerprint density at radius 2 is 1.79 bits per heavy atom. The molecule has 28 heavy (non-hydrogen) atoms. The van der Waals surface area contributed by atoms with E-state index in [0.717, 1.165) is 28.7 Å². The van der Waals surface area contributed by atoms with Crippen LogP contribution in [0.1, 0.15) is 28.6 Å². The van der Waals surface area contributed by atoms with Gasteiger partial charge in [0.1, 0.15) is 11.3 Å². The van der Waals surface area contributed by atoms with Crippen molar-refractivity contribution in [2.75, 3.05) is 21.3 Å². The first-order valence-corrected chi connectivity index (χ1v) is 8.76. The number of nitrogens with one attached hydrogen (secondary N) is 1. The van der Waals surface area contributed by atoms with Crippen molar-refractivity contribution in [3.63, 3.8) is 0 Å². The van der Waals surface area contributed by atoms with E-state index in [-0.39, 0.29) is 0 Å². The number of para-hydroxylation sites is 1. The molecule has 7 nitrogen and oxygen atoms in total. The molecule has 1 heterocycles. The topological polar surface area (TPSA) is 82.3 Å². The van der Waals surface area contributed by atoms with E-state index in [1.807, 2.05) is 31.2 Å². The van der Waals surface area contributed by atoms with Crippen molar-refractivity contribution in [1.29, 1.82) is 0 Å². The third-order valence-corrected chi connectivity index (χ3v) is 4.32. The molecule has 0 spiro atoms. The number of furan rings is 1. The van der Waals surface area contributed by atoms with Gasteiger partial charge in [0.05, 0.1) is 27.5 Å². The monoisotopic (exact) mass is 382 g/mol. The number of fused-ring (bicyclic) bond motifs is 1. The summed E-state index contributed by atoms with van der Waals surface area (Å²) >= 11 is 0. The van der Waals surface area contributed by atoms with Crippen LogP contribution in [-0.2, 0) is 6.42 Å². The third kappa shape index (κ3) is 3.64. The maximum Gasteiger partial charge on any atom is 0.271 e. The Morgan fingerprint density at radius 1 is 1.11 bits per heavy atom. The average Bonchev–Trinajstić information content (AvgIpc) is 3.10. The molecule has 0 bridgehead atoms. The molecule has 3 aromatic rings. The quantitative estimate of drug-likeness (QED) is 0.497. The first-order valence-electron chi connectivity index (χ1n) is 8.76. The van der Waals surface area contributed by atoms with Crippen LogP contribution in [0, 0.1) is 0 Å². The van der Waals surface area contributed by atoms with Crippen LogP contribution in [0.3, 0.4) is 0 Å². The van der Waals surface area contributed by atoms with Gasteiger partial charge in [-0.3, -0.25) is 4.79 Å². The summed E-state index contributed by atoms with van der Waals surface area (Å²) in [6.45, 7) is 2.00. The summed E-state index contributed by atoms with van der Waals surface area (Å²) < 4.78 is 21.6. The van der Waals surface area contributed by atoms with Gasteiger partial charge in [-0.1, -0.05) is 25.1 Å². The fourth-order valence-corrected chi connectivity index (χ4v) is 2.95. The zero-order valence-electron chi connectivity index (χ0n) is 16.2. The summed E-state index contributed by atoms with van der Waals surface area (Å²) in [5, 5.41) is 5.05. The van der Waals surface area contributed by atoms with Gasteiger partial charge in [0.15, 0.2) is 11.5 Å². The minimum absolute atomic E-state index is 0.333. The fourth-order valence-electron chi connectivity index (χ4n) is 2.95. The molecule has 0 fully saturated rings. The summed E-state index contributed by atoms with van der Waals surface area (Å²) in [6, 6.07) is 10.8. The number of rotatable bonds is 7. The summed E-state index contributed by atoms with van der Waals surface area (Å²) in [4.78, 5) is 12.5. The van der Waals surface area contributed by atoms with Crippen LogP contribution in [0.2, 0.25) is 0 Å². The summed E-state index contributed by atoms with van der Waals surface area (Å²) in [6.07, 6.45) is 2.32. The molecule has 0 saturated heterocycles. The number of aryl methyl sites for hydroxylation is 1. The van der Waals surface area contributed by atoms with Crippen molar-refractivity contribution >= 4 is 23.1 Å². The molecule has 1 N–H and O–H groups in total. The van der Waals surface area contributed by atoms with E-state index in [1.165, 1.54) is 21.3 Å². The molecular weight excluding hydrogens is 360 g/mol. The van der Waals surface area contributed by atoms with Crippen LogP contribution in [0.5, 0.6) is 17.2 Å². The van der Waals surface area contributed by atoms with Crippen molar-refractivity contribution < 1.29 is 23.4 Å². The molecule has 1 amide bonds. The Morgan fingerprint density at radius 3 is 2.39 bits per heavy atom. The first kappa shape index (κ1) is 19.3. The van der Waals surface area contributed by atoms with E-state index >= 15 is 0 Å². The van der Waals surface area contributed by atoms with Crippen molar-refractivity contribution in [3.8, 4) is 17.2 Å². The van der Waals surface area contributed by atoms with Gasteiger partial charge in [-0.25, -0.2) is 5.43 Å². The van der Waals surface area contributed by atoms with Gasteiger partial charge in [-0.15, -0.1) is 0 Å². The number of carbonyl (C=O) groups excluding carboxylic acids is 1. The van der Waals surface area contributed by atoms with Crippen LogP contribution in [0.25, 0.3) is 11.0 Å². The second kappa shape index (κ2) is 8.47. The van der Waals surface area contributed by atoms with Crippen molar-refractivity contribution in [2.45, 2.75) is 13.3 Å². The maximum atomic E-state index is 12.5. The lowest BCUT2D eigenvalue weighted by atomic mass is 10.1. The van der Waals surface area contributed by atoms with Crippen molar-refractivity contribution in [3.05, 3.63) is 53.3 Å². The van der Waals surface area contributed by atoms with E-state index < -0.39 is 5.91 Å². The van der Waals surface area contributed by atoms with Crippen molar-refractivity contribution in [1.82, 2.24) is 5.43 Å². The SMILES string of the molecule is CCc1oc2ccccc2c1/C=N\NC(=O)c1cc(OC)c(OC)c(OC)c1. The minimum atomic E-state index is -0.402. The van der Waals surface area contributed by atoms with Gasteiger partial charge < -0.3 is 18.6 Å². The van der Waals surface area contributed by atoms with Gasteiger partial charge in [0.25, 0.3) is 5.91 Å². The molecule has 146 valence electrons. The van der Waals surface area contributed by atoms with Crippen LogP contribution in [-0.4, -0.2) is 33.5 Å². The molecule has 2 aromatic carbocycles. The highest BCUT2D eigenvalue weighted by atomic mass is 16.5. The molecule has 0 aliphatic heterocycles. The first-order chi connectivity index (χ1) is 13.6. The van der Waals surface area contributed by atoms with Gasteiger partial charge in [-0.2, -0.15) is 5.10 Å². The molecule has 1 aromatic heterocycles. The number of hydrogen-bond acceptors (Lipinski definition) is 6. The Hall–Kier alpha value is -3.48. The second-order valence-electron chi connectivity index (χ2n) is 5.90. The highest BCUT2D eigenvalue weighted by Crippen LogP contribution is 2.38. The van der Waals surface area contributed by atoms with Crippen LogP contribution in [0.4, 0.5) is 0 Å². The molecule has 0 aliphatic rings. The smallest absolute Gasteiger partial charge is 0.271 e. The third-order valence-electron chi connectivity index (χ3n) is 4.32. The van der Waals surface area contributed by atoms with Crippen molar-refractivity contribution in [2.24, 2.45) is 5.10 Å². The zero-order valence-corrected chi connectivity index (χ0v) is 16.2. The highest BCUT2D eigenvalue weighted by molar-refractivity contribution is 6.00. The lowest BCUT2D eigenvalue weighted by Crippen LogP contribution is -2.18. The molecule has 0 unspecified atom stereocenters. The Bertz CT molecular complexity index is 998. The van der Waals surface area contributed by atoms with E-state index in [9.17, 15) is 4.79 Å². The predicted octanol–water partition coefficient (Wildman–Crippen LogP) is 3.78. The summed E-state index contributed by atoms with van der Waals surface area (Å²) in [5.41, 5.74) is 4.50. The lowest BCUT2D eigenvalue weighted by Gasteiger charge is -2.13. The average molecular weight is 382 g/mol. The van der Waals surface area contributed by atoms with Gasteiger partial charge >= 0.3 is 0 Å². The van der Waals surface area contributed by atoms with Gasteiger partial charge in [0.2, 0.25) is 5.75 Å². The Labute approximate surface area is 162 Å². The van der Waals surface area contributed by atoms with E-state index in [2.05, 4.69) is 10.5 Å². The maximum absolute atomic E-state index is 12.5. The van der Waals surface area contributed by atoms with Crippen LogP contribution < -0.4 is 19.6 Å². The normalized spacial score (nSPS) is 11.0. The number of methoxy groups -OCH3 is 3. The second-order valence-corrected chi connectivity index (χ2v) is 5.90. The van der Waals surface area contributed by atoms with Crippen LogP contribution >= 0.6 is 0 Å². The van der Waals surface area contributed by atoms with Crippen LogP contribution in [0.15, 0.2) is 45.9 Å². The number of hydrazone groups is 1. The number of carbonyl (C=O) groups is 1. The number of ether oxygens (including phenoxy) is 3. The van der Waals surface area contributed by atoms with Gasteiger partial charge in [0, 0.05) is 22.9 Å². The molecule has 3 rings (SSSR count). The number of amides is 1. The summed E-state index contributed by atoms with van der Waals surface area (Å²) in [7, 11) is 4.49. The molecular formula is C21H22N2O5. The number of hydrogen-bond donors (Lipinski definition) is 1. The fraction of sp³-hybridized carbons (Fsp3) is 0.238. The molecule has 0 atom stereocenters. The zero-order chi connectivity index (χ0) is 20.1. The van der Waals surface area contributed by atoms with E-state index in [1.54, 1.807) is 18.3 Å². The minimum Gasteiger partial charge on any atom is -0.493 e.